The smallest absolute Gasteiger partial charge is 0.416 e. The number of carbonyl (C=O) groups excluding carboxylic acids is 1. The van der Waals surface area contributed by atoms with E-state index in [4.69, 9.17) is 16.3 Å². The third kappa shape index (κ3) is 7.13. The van der Waals surface area contributed by atoms with Crippen molar-refractivity contribution in [1.29, 1.82) is 0 Å². The van der Waals surface area contributed by atoms with E-state index in [0.717, 1.165) is 28.9 Å². The SMILES string of the molecule is Cc1c(C(F)(F)F)ccc2c1N(C(=O)OC(C)C)CCCC2N(Cc1cc(C(F)(F)F)cc(C(F)(F)F)c1)/C(N)=N/N. The van der Waals surface area contributed by atoms with Crippen LogP contribution in [-0.2, 0) is 29.8 Å². The Balaban J connectivity index is 2.23. The molecule has 1 unspecified atom stereocenters. The molecule has 0 radical (unpaired) electrons. The van der Waals surface area contributed by atoms with Crippen LogP contribution in [0, 0.1) is 6.92 Å². The van der Waals surface area contributed by atoms with Crippen LogP contribution < -0.4 is 16.5 Å². The Labute approximate surface area is 234 Å². The number of hydrazone groups is 1. The zero-order valence-electron chi connectivity index (χ0n) is 22.6. The second-order valence-electron chi connectivity index (χ2n) is 9.95. The van der Waals surface area contributed by atoms with E-state index >= 15 is 0 Å². The van der Waals surface area contributed by atoms with E-state index in [1.807, 2.05) is 0 Å². The van der Waals surface area contributed by atoms with Crippen LogP contribution in [0.4, 0.5) is 50.0 Å². The summed E-state index contributed by atoms with van der Waals surface area (Å²) in [6.45, 7) is 3.45. The minimum atomic E-state index is -5.12. The molecule has 1 heterocycles. The van der Waals surface area contributed by atoms with E-state index < -0.39 is 71.5 Å². The van der Waals surface area contributed by atoms with Crippen LogP contribution in [0.1, 0.15) is 66.1 Å². The predicted octanol–water partition coefficient (Wildman–Crippen LogP) is 6.93. The highest BCUT2D eigenvalue weighted by atomic mass is 19.4. The highest BCUT2D eigenvalue weighted by Gasteiger charge is 2.40. The van der Waals surface area contributed by atoms with E-state index in [9.17, 15) is 44.3 Å². The van der Waals surface area contributed by atoms with Gasteiger partial charge in [-0.25, -0.2) is 4.79 Å². The van der Waals surface area contributed by atoms with Crippen molar-refractivity contribution in [3.05, 3.63) is 63.7 Å². The van der Waals surface area contributed by atoms with Crippen LogP contribution >= 0.6 is 0 Å². The normalized spacial score (nSPS) is 16.7. The number of rotatable bonds is 4. The maximum Gasteiger partial charge on any atom is 0.416 e. The van der Waals surface area contributed by atoms with Crippen molar-refractivity contribution in [2.75, 3.05) is 11.4 Å². The van der Waals surface area contributed by atoms with Gasteiger partial charge in [0.05, 0.1) is 34.5 Å². The van der Waals surface area contributed by atoms with Crippen molar-refractivity contribution in [3.63, 3.8) is 0 Å². The Morgan fingerprint density at radius 1 is 1.02 bits per heavy atom. The van der Waals surface area contributed by atoms with Gasteiger partial charge >= 0.3 is 24.6 Å². The first kappa shape index (κ1) is 32.7. The topological polar surface area (TPSA) is 97.2 Å². The van der Waals surface area contributed by atoms with Crippen LogP contribution in [-0.4, -0.2) is 29.6 Å². The average molecular weight is 614 g/mol. The molecule has 4 N–H and O–H groups in total. The molecule has 0 fully saturated rings. The minimum Gasteiger partial charge on any atom is -0.446 e. The number of carbonyl (C=O) groups is 1. The Morgan fingerprint density at radius 3 is 2.07 bits per heavy atom. The van der Waals surface area contributed by atoms with E-state index in [0.29, 0.717) is 12.1 Å². The molecular formula is C26H28F9N5O2. The number of nitrogens with zero attached hydrogens (tertiary/aromatic N) is 3. The van der Waals surface area contributed by atoms with Gasteiger partial charge in [-0.05, 0) is 74.6 Å². The summed E-state index contributed by atoms with van der Waals surface area (Å²) in [5, 5.41) is 3.37. The van der Waals surface area contributed by atoms with Gasteiger partial charge in [0.2, 0.25) is 5.96 Å². The van der Waals surface area contributed by atoms with Crippen LogP contribution in [0.5, 0.6) is 0 Å². The number of nitrogens with two attached hydrogens (primary N) is 2. The lowest BCUT2D eigenvalue weighted by atomic mass is 9.94. The molecule has 0 saturated heterocycles. The third-order valence-electron chi connectivity index (χ3n) is 6.62. The van der Waals surface area contributed by atoms with Gasteiger partial charge in [-0.3, -0.25) is 4.90 Å². The number of amides is 1. The Bertz CT molecular complexity index is 1300. The molecule has 7 nitrogen and oxygen atoms in total. The standard InChI is InChI=1S/C26H28F9N5O2/c1-13(2)42-23(41)39-8-4-5-20(18-6-7-19(26(33,34)35)14(3)21(18)39)40(22(36)38-37)12-15-9-16(24(27,28)29)11-17(10-15)25(30,31)32/h6-7,9-11,13,20H,4-5,8,12,37H2,1-3H3,(H2,36,38). The molecule has 0 saturated carbocycles. The molecule has 2 aromatic carbocycles. The first-order chi connectivity index (χ1) is 19.3. The van der Waals surface area contributed by atoms with Crippen LogP contribution in [0.15, 0.2) is 35.4 Å². The number of benzene rings is 2. The average Bonchev–Trinajstić information content (AvgIpc) is 3.05. The van der Waals surface area contributed by atoms with Gasteiger partial charge in [-0.2, -0.15) is 39.5 Å². The quantitative estimate of drug-likeness (QED) is 0.128. The molecule has 0 aromatic heterocycles. The van der Waals surface area contributed by atoms with Crippen LogP contribution in [0.2, 0.25) is 0 Å². The maximum atomic E-state index is 13.9. The molecule has 1 atom stereocenters. The largest absolute Gasteiger partial charge is 0.446 e. The molecule has 2 aromatic rings. The highest BCUT2D eigenvalue weighted by Crippen LogP contribution is 2.45. The molecule has 0 bridgehead atoms. The molecule has 0 aliphatic carbocycles. The third-order valence-corrected chi connectivity index (χ3v) is 6.62. The molecule has 232 valence electrons. The van der Waals surface area contributed by atoms with E-state index in [2.05, 4.69) is 5.10 Å². The highest BCUT2D eigenvalue weighted by molar-refractivity contribution is 5.91. The predicted molar refractivity (Wildman–Crippen MR) is 135 cm³/mol. The van der Waals surface area contributed by atoms with Crippen molar-refractivity contribution >= 4 is 17.7 Å². The number of hydrogen-bond acceptors (Lipinski definition) is 4. The Hall–Kier alpha value is -3.85. The number of hydrogen-bond donors (Lipinski definition) is 2. The van der Waals surface area contributed by atoms with Crippen molar-refractivity contribution in [1.82, 2.24) is 4.90 Å². The summed E-state index contributed by atoms with van der Waals surface area (Å²) in [5.74, 6) is 4.85. The van der Waals surface area contributed by atoms with E-state index in [1.165, 1.54) is 0 Å². The molecule has 0 spiro atoms. The van der Waals surface area contributed by atoms with E-state index in [-0.39, 0.29) is 42.3 Å². The van der Waals surface area contributed by atoms with Gasteiger partial charge in [0.25, 0.3) is 0 Å². The molecule has 16 heteroatoms. The number of fused-ring (bicyclic) bond motifs is 1. The molecule has 1 aliphatic rings. The summed E-state index contributed by atoms with van der Waals surface area (Å²) in [6.07, 6.45) is -16.4. The number of ether oxygens (including phenoxy) is 1. The van der Waals surface area contributed by atoms with Gasteiger partial charge in [0.1, 0.15) is 0 Å². The number of anilines is 1. The molecule has 1 amide bonds. The fraction of sp³-hybridized carbons (Fsp3) is 0.462. The lowest BCUT2D eigenvalue weighted by Gasteiger charge is -2.34. The maximum absolute atomic E-state index is 13.9. The van der Waals surface area contributed by atoms with Gasteiger partial charge in [0.15, 0.2) is 0 Å². The van der Waals surface area contributed by atoms with Crippen molar-refractivity contribution in [3.8, 4) is 0 Å². The first-order valence-electron chi connectivity index (χ1n) is 12.5. The monoisotopic (exact) mass is 613 g/mol. The molecule has 1 aliphatic heterocycles. The summed E-state index contributed by atoms with van der Waals surface area (Å²) in [5.41, 5.74) is 0.905. The molecule has 3 rings (SSSR count). The lowest BCUT2D eigenvalue weighted by molar-refractivity contribution is -0.143. The second kappa shape index (κ2) is 11.8. The van der Waals surface area contributed by atoms with Gasteiger partial charge in [-0.15, -0.1) is 5.10 Å². The van der Waals surface area contributed by atoms with Gasteiger partial charge < -0.3 is 21.2 Å². The first-order valence-corrected chi connectivity index (χ1v) is 12.5. The molecule has 42 heavy (non-hydrogen) atoms. The minimum absolute atomic E-state index is 0.0323. The zero-order chi connectivity index (χ0) is 31.8. The fourth-order valence-electron chi connectivity index (χ4n) is 4.87. The fourth-order valence-corrected chi connectivity index (χ4v) is 4.87. The van der Waals surface area contributed by atoms with Crippen molar-refractivity contribution in [2.24, 2.45) is 16.7 Å². The lowest BCUT2D eigenvalue weighted by Crippen LogP contribution is -2.41. The van der Waals surface area contributed by atoms with Crippen LogP contribution in [0.25, 0.3) is 0 Å². The number of guanidine groups is 1. The summed E-state index contributed by atoms with van der Waals surface area (Å²) in [7, 11) is 0. The second-order valence-corrected chi connectivity index (χ2v) is 9.95. The Morgan fingerprint density at radius 2 is 1.60 bits per heavy atom. The summed E-state index contributed by atoms with van der Waals surface area (Å²) < 4.78 is 128. The van der Waals surface area contributed by atoms with E-state index in [1.54, 1.807) is 13.8 Å². The number of alkyl halides is 9. The Kier molecular flexibility index (Phi) is 9.17. The van der Waals surface area contributed by atoms with Crippen molar-refractivity contribution in [2.45, 2.75) is 70.8 Å². The van der Waals surface area contributed by atoms with Gasteiger partial charge in [0, 0.05) is 13.1 Å². The summed E-state index contributed by atoms with van der Waals surface area (Å²) in [4.78, 5) is 15.1. The zero-order valence-corrected chi connectivity index (χ0v) is 22.6. The summed E-state index contributed by atoms with van der Waals surface area (Å²) in [6, 6.07) is 1.78. The van der Waals surface area contributed by atoms with Crippen LogP contribution in [0.3, 0.4) is 0 Å². The summed E-state index contributed by atoms with van der Waals surface area (Å²) >= 11 is 0. The molecular weight excluding hydrogens is 585 g/mol. The van der Waals surface area contributed by atoms with Gasteiger partial charge in [-0.1, -0.05) is 6.07 Å². The van der Waals surface area contributed by atoms with Crippen molar-refractivity contribution < 1.29 is 49.0 Å². The number of halogens is 9.